The summed E-state index contributed by atoms with van der Waals surface area (Å²) in [6.45, 7) is 0. The van der Waals surface area contributed by atoms with Gasteiger partial charge in [-0.15, -0.1) is 0 Å². The van der Waals surface area contributed by atoms with E-state index in [1.54, 1.807) is 30.1 Å². The van der Waals surface area contributed by atoms with Crippen LogP contribution >= 0.6 is 23.2 Å². The third-order valence-electron chi connectivity index (χ3n) is 3.20. The van der Waals surface area contributed by atoms with Crippen molar-refractivity contribution in [2.24, 2.45) is 10.7 Å². The van der Waals surface area contributed by atoms with E-state index in [2.05, 4.69) is 4.99 Å². The number of furan rings is 1. The Bertz CT molecular complexity index is 804. The summed E-state index contributed by atoms with van der Waals surface area (Å²) < 4.78 is 5.87. The quantitative estimate of drug-likeness (QED) is 0.540. The summed E-state index contributed by atoms with van der Waals surface area (Å²) >= 11 is 12.2. The van der Waals surface area contributed by atoms with E-state index in [1.165, 1.54) is 0 Å². The van der Waals surface area contributed by atoms with Crippen molar-refractivity contribution in [2.45, 2.75) is 0 Å². The lowest BCUT2D eigenvalue weighted by atomic mass is 10.2. The van der Waals surface area contributed by atoms with Gasteiger partial charge in [-0.05, 0) is 24.3 Å². The number of fused-ring (bicyclic) bond motifs is 1. The van der Waals surface area contributed by atoms with Crippen molar-refractivity contribution >= 4 is 51.7 Å². The number of hydrogen-bond acceptors (Lipinski definition) is 2. The molecule has 0 saturated heterocycles. The summed E-state index contributed by atoms with van der Waals surface area (Å²) in [5.74, 6) is 0.819. The van der Waals surface area contributed by atoms with Crippen molar-refractivity contribution < 1.29 is 4.42 Å². The third-order valence-corrected chi connectivity index (χ3v) is 3.63. The Balaban J connectivity index is 2.18. The zero-order chi connectivity index (χ0) is 15.7. The van der Waals surface area contributed by atoms with Crippen LogP contribution in [0.25, 0.3) is 11.0 Å². The molecule has 1 aromatic heterocycles. The van der Waals surface area contributed by atoms with Crippen LogP contribution in [0.15, 0.2) is 57.9 Å². The van der Waals surface area contributed by atoms with Crippen molar-refractivity contribution in [1.82, 2.24) is 0 Å². The molecule has 0 amide bonds. The minimum absolute atomic E-state index is 0.275. The molecule has 0 atom stereocenters. The van der Waals surface area contributed by atoms with Crippen molar-refractivity contribution in [3.05, 3.63) is 58.6 Å². The number of hydrogen-bond donors (Lipinski definition) is 1. The highest BCUT2D eigenvalue weighted by atomic mass is 35.5. The molecule has 0 saturated carbocycles. The Hall–Kier alpha value is -2.17. The van der Waals surface area contributed by atoms with Gasteiger partial charge in [0.1, 0.15) is 5.58 Å². The first-order valence-electron chi connectivity index (χ1n) is 6.55. The van der Waals surface area contributed by atoms with Crippen LogP contribution in [0.5, 0.6) is 0 Å². The van der Waals surface area contributed by atoms with E-state index in [1.807, 2.05) is 30.3 Å². The summed E-state index contributed by atoms with van der Waals surface area (Å²) in [4.78, 5) is 5.71. The van der Waals surface area contributed by atoms with Gasteiger partial charge < -0.3 is 10.2 Å². The molecule has 112 valence electrons. The lowest BCUT2D eigenvalue weighted by Gasteiger charge is -2.21. The lowest BCUT2D eigenvalue weighted by Crippen LogP contribution is -2.33. The van der Waals surface area contributed by atoms with Crippen molar-refractivity contribution in [3.63, 3.8) is 0 Å². The van der Waals surface area contributed by atoms with E-state index in [4.69, 9.17) is 33.4 Å². The highest BCUT2D eigenvalue weighted by Gasteiger charge is 2.18. The third kappa shape index (κ3) is 2.75. The molecule has 6 heteroatoms. The number of halogens is 2. The van der Waals surface area contributed by atoms with Gasteiger partial charge >= 0.3 is 0 Å². The van der Waals surface area contributed by atoms with Gasteiger partial charge in [-0.1, -0.05) is 41.4 Å². The van der Waals surface area contributed by atoms with E-state index in [0.29, 0.717) is 21.6 Å². The molecular formula is C16H13Cl2N3O. The molecule has 0 unspecified atom stereocenters. The second-order valence-corrected chi connectivity index (χ2v) is 5.54. The van der Waals surface area contributed by atoms with Gasteiger partial charge in [0.25, 0.3) is 0 Å². The molecule has 4 nitrogen and oxygen atoms in total. The van der Waals surface area contributed by atoms with E-state index in [0.717, 1.165) is 11.0 Å². The van der Waals surface area contributed by atoms with E-state index in [9.17, 15) is 0 Å². The average Bonchev–Trinajstić information content (AvgIpc) is 2.89. The maximum absolute atomic E-state index is 6.09. The number of para-hydroxylation sites is 1. The summed E-state index contributed by atoms with van der Waals surface area (Å²) in [7, 11) is 1.61. The maximum Gasteiger partial charge on any atom is 0.208 e. The molecule has 0 aliphatic carbocycles. The summed E-state index contributed by atoms with van der Waals surface area (Å²) in [5, 5.41) is 1.99. The Morgan fingerprint density at radius 1 is 1.09 bits per heavy atom. The Morgan fingerprint density at radius 3 is 2.41 bits per heavy atom. The van der Waals surface area contributed by atoms with Gasteiger partial charge in [-0.2, -0.15) is 0 Å². The number of guanidine groups is 1. The largest absolute Gasteiger partial charge is 0.440 e. The molecule has 0 bridgehead atoms. The number of rotatable bonds is 2. The highest BCUT2D eigenvalue weighted by molar-refractivity contribution is 6.35. The van der Waals surface area contributed by atoms with Crippen LogP contribution in [0.3, 0.4) is 0 Å². The first kappa shape index (κ1) is 14.8. The number of aliphatic imine (C=N–C) groups is 1. The van der Waals surface area contributed by atoms with Crippen molar-refractivity contribution in [3.8, 4) is 0 Å². The van der Waals surface area contributed by atoms with Gasteiger partial charge in [0, 0.05) is 28.5 Å². The van der Waals surface area contributed by atoms with Crippen LogP contribution < -0.4 is 10.6 Å². The molecule has 0 fully saturated rings. The van der Waals surface area contributed by atoms with Gasteiger partial charge in [-0.25, -0.2) is 0 Å². The molecule has 0 aliphatic heterocycles. The Kier molecular flexibility index (Phi) is 3.96. The second-order valence-electron chi connectivity index (χ2n) is 4.67. The van der Waals surface area contributed by atoms with E-state index < -0.39 is 0 Å². The minimum Gasteiger partial charge on any atom is -0.440 e. The smallest absolute Gasteiger partial charge is 0.208 e. The first-order valence-corrected chi connectivity index (χ1v) is 7.31. The summed E-state index contributed by atoms with van der Waals surface area (Å²) in [6, 6.07) is 14.8. The molecule has 2 N–H and O–H groups in total. The van der Waals surface area contributed by atoms with Crippen LogP contribution in [-0.4, -0.2) is 13.0 Å². The van der Waals surface area contributed by atoms with Crippen molar-refractivity contribution in [2.75, 3.05) is 11.9 Å². The Morgan fingerprint density at radius 2 is 1.77 bits per heavy atom. The van der Waals surface area contributed by atoms with Crippen LogP contribution in [0.2, 0.25) is 10.0 Å². The minimum atomic E-state index is 0.275. The molecule has 0 radical (unpaired) electrons. The zero-order valence-electron chi connectivity index (χ0n) is 11.8. The zero-order valence-corrected chi connectivity index (χ0v) is 13.3. The van der Waals surface area contributed by atoms with E-state index >= 15 is 0 Å². The summed E-state index contributed by atoms with van der Waals surface area (Å²) in [5.41, 5.74) is 7.48. The molecule has 2 aromatic carbocycles. The molecule has 3 rings (SSSR count). The average molecular weight is 334 g/mol. The molecule has 0 aliphatic rings. The normalized spacial score (nSPS) is 11.9. The Labute approximate surface area is 137 Å². The molecule has 1 heterocycles. The van der Waals surface area contributed by atoms with Gasteiger partial charge in [0.2, 0.25) is 11.8 Å². The van der Waals surface area contributed by atoms with Crippen molar-refractivity contribution in [1.29, 1.82) is 0 Å². The van der Waals surface area contributed by atoms with E-state index in [-0.39, 0.29) is 5.96 Å². The number of nitrogens with zero attached hydrogens (tertiary/aromatic N) is 2. The van der Waals surface area contributed by atoms with Crippen LogP contribution in [-0.2, 0) is 0 Å². The number of benzene rings is 2. The lowest BCUT2D eigenvalue weighted by molar-refractivity contribution is 0.622. The molecule has 0 spiro atoms. The predicted octanol–water partition coefficient (Wildman–Crippen LogP) is 4.82. The molecule has 22 heavy (non-hydrogen) atoms. The van der Waals surface area contributed by atoms with Gasteiger partial charge in [0.05, 0.1) is 5.69 Å². The van der Waals surface area contributed by atoms with Gasteiger partial charge in [-0.3, -0.25) is 9.89 Å². The fourth-order valence-electron chi connectivity index (χ4n) is 2.22. The summed E-state index contributed by atoms with van der Waals surface area (Å²) in [6.07, 6.45) is 0. The van der Waals surface area contributed by atoms with Gasteiger partial charge in [0.15, 0.2) is 0 Å². The fourth-order valence-corrected chi connectivity index (χ4v) is 2.73. The van der Waals surface area contributed by atoms with Crippen LogP contribution in [0.1, 0.15) is 0 Å². The van der Waals surface area contributed by atoms with Crippen LogP contribution in [0.4, 0.5) is 11.6 Å². The highest BCUT2D eigenvalue weighted by Crippen LogP contribution is 2.34. The first-order chi connectivity index (χ1) is 10.6. The fraction of sp³-hybridized carbons (Fsp3) is 0.0625. The SMILES string of the molecule is CN=C(N)N(c1cc(Cl)cc(Cl)c1)c1cc2ccccc2o1. The monoisotopic (exact) mass is 333 g/mol. The number of nitrogens with two attached hydrogens (primary N) is 1. The van der Waals surface area contributed by atoms with Crippen LogP contribution in [0, 0.1) is 0 Å². The predicted molar refractivity (Wildman–Crippen MR) is 92.4 cm³/mol. The number of anilines is 2. The molecular weight excluding hydrogens is 321 g/mol. The second kappa shape index (κ2) is 5.91. The maximum atomic E-state index is 6.09. The standard InChI is InChI=1S/C16H13Cl2N3O/c1-20-16(19)21(13-8-11(17)7-12(18)9-13)15-6-10-4-2-3-5-14(10)22-15/h2-9H,1H3,(H2,19,20). The topological polar surface area (TPSA) is 54.8 Å². The molecule has 3 aromatic rings.